The van der Waals surface area contributed by atoms with Gasteiger partial charge < -0.3 is 19.6 Å². The lowest BCUT2D eigenvalue weighted by Gasteiger charge is -2.11. The molecule has 0 atom stereocenters. The number of alkyl halides is 4. The Bertz CT molecular complexity index is 463. The first kappa shape index (κ1) is 13.9. The van der Waals surface area contributed by atoms with Crippen molar-refractivity contribution in [2.45, 2.75) is 13.0 Å². The van der Waals surface area contributed by atoms with Crippen molar-refractivity contribution in [1.29, 1.82) is 0 Å². The lowest BCUT2D eigenvalue weighted by atomic mass is 10.2. The number of methoxy groups -OCH3 is 1. The molecule has 1 aromatic heterocycles. The third kappa shape index (κ3) is 3.18. The van der Waals surface area contributed by atoms with E-state index in [-0.39, 0.29) is 0 Å². The van der Waals surface area contributed by atoms with Gasteiger partial charge in [0, 0.05) is 4.98 Å². The van der Waals surface area contributed by atoms with E-state index in [1.807, 2.05) is 0 Å². The fraction of sp³-hybridized carbons (Fsp3) is 0.375. The van der Waals surface area contributed by atoms with Crippen molar-refractivity contribution in [2.24, 2.45) is 0 Å². The second-order valence-corrected chi connectivity index (χ2v) is 2.90. The summed E-state index contributed by atoms with van der Waals surface area (Å²) in [5.41, 5.74) is -0.652. The maximum atomic E-state index is 12.6. The van der Waals surface area contributed by atoms with Crippen LogP contribution in [0.2, 0.25) is 0 Å². The smallest absolute Gasteiger partial charge is 0.462 e. The van der Waals surface area contributed by atoms with E-state index in [9.17, 15) is 27.7 Å². The molecule has 0 aromatic carbocycles. The Morgan fingerprint density at radius 3 is 2.50 bits per heavy atom. The van der Waals surface area contributed by atoms with E-state index in [1.54, 1.807) is 0 Å². The number of hydrogen-bond acceptors (Lipinski definition) is 5. The minimum atomic E-state index is -5.11. The number of ether oxygens (including phenoxy) is 2. The van der Waals surface area contributed by atoms with Crippen molar-refractivity contribution < 1.29 is 32.0 Å². The van der Waals surface area contributed by atoms with Gasteiger partial charge in [-0.25, -0.2) is 4.39 Å². The average Bonchev–Trinajstić information content (AvgIpc) is 2.25. The van der Waals surface area contributed by atoms with Gasteiger partial charge in [0.25, 0.3) is 0 Å². The van der Waals surface area contributed by atoms with Crippen LogP contribution in [0.15, 0.2) is 6.07 Å². The highest BCUT2D eigenvalue weighted by Gasteiger charge is 2.35. The SMILES string of the molecule is COc1nc([N+](=O)[O-])cc(OC(F)(F)F)c1CF. The highest BCUT2D eigenvalue weighted by molar-refractivity contribution is 5.45. The van der Waals surface area contributed by atoms with E-state index >= 15 is 0 Å². The molecule has 0 spiro atoms. The van der Waals surface area contributed by atoms with Crippen molar-refractivity contribution in [3.8, 4) is 11.6 Å². The number of nitro groups is 1. The number of pyridine rings is 1. The quantitative estimate of drug-likeness (QED) is 0.477. The number of hydrogen-bond donors (Lipinski definition) is 0. The van der Waals surface area contributed by atoms with E-state index in [2.05, 4.69) is 14.5 Å². The third-order valence-electron chi connectivity index (χ3n) is 1.77. The molecule has 1 rings (SSSR count). The zero-order chi connectivity index (χ0) is 13.9. The molecule has 18 heavy (non-hydrogen) atoms. The maximum absolute atomic E-state index is 12.6. The Morgan fingerprint density at radius 2 is 2.11 bits per heavy atom. The standard InChI is InChI=1S/C8H6F4N2O4/c1-17-7-4(3-9)5(18-8(10,11)12)2-6(13-7)14(15)16/h2H,3H2,1H3. The summed E-state index contributed by atoms with van der Waals surface area (Å²) < 4.78 is 56.7. The lowest BCUT2D eigenvalue weighted by Crippen LogP contribution is -2.18. The van der Waals surface area contributed by atoms with E-state index in [1.165, 1.54) is 0 Å². The van der Waals surface area contributed by atoms with Crippen LogP contribution in [0.3, 0.4) is 0 Å². The highest BCUT2D eigenvalue weighted by atomic mass is 19.4. The molecule has 1 aromatic rings. The zero-order valence-corrected chi connectivity index (χ0v) is 8.82. The molecule has 0 radical (unpaired) electrons. The third-order valence-corrected chi connectivity index (χ3v) is 1.77. The van der Waals surface area contributed by atoms with Crippen LogP contribution in [0.5, 0.6) is 11.6 Å². The van der Waals surface area contributed by atoms with E-state index < -0.39 is 41.0 Å². The summed E-state index contributed by atoms with van der Waals surface area (Å²) in [6.07, 6.45) is -5.11. The summed E-state index contributed by atoms with van der Waals surface area (Å²) in [7, 11) is 0.989. The normalized spacial score (nSPS) is 11.2. The number of halogens is 4. The first-order chi connectivity index (χ1) is 8.28. The van der Waals surface area contributed by atoms with Crippen LogP contribution in [0.25, 0.3) is 0 Å². The van der Waals surface area contributed by atoms with Crippen LogP contribution < -0.4 is 9.47 Å². The van der Waals surface area contributed by atoms with Crippen molar-refractivity contribution in [1.82, 2.24) is 4.98 Å². The number of rotatable bonds is 4. The lowest BCUT2D eigenvalue weighted by molar-refractivity contribution is -0.389. The molecule has 0 saturated heterocycles. The van der Waals surface area contributed by atoms with Gasteiger partial charge in [-0.3, -0.25) is 0 Å². The molecule has 0 aliphatic carbocycles. The summed E-state index contributed by atoms with van der Waals surface area (Å²) in [6, 6.07) is 0.380. The first-order valence-corrected chi connectivity index (χ1v) is 4.32. The van der Waals surface area contributed by atoms with Crippen LogP contribution in [0.4, 0.5) is 23.4 Å². The molecule has 0 fully saturated rings. The van der Waals surface area contributed by atoms with Crippen LogP contribution in [-0.2, 0) is 6.67 Å². The molecule has 6 nitrogen and oxygen atoms in total. The van der Waals surface area contributed by atoms with E-state index in [4.69, 9.17) is 0 Å². The fourth-order valence-corrected chi connectivity index (χ4v) is 1.11. The summed E-state index contributed by atoms with van der Waals surface area (Å²) in [6.45, 7) is -1.38. The molecule has 0 unspecified atom stereocenters. The van der Waals surface area contributed by atoms with Gasteiger partial charge in [0.05, 0.1) is 13.2 Å². The molecule has 1 heterocycles. The number of aromatic nitrogens is 1. The van der Waals surface area contributed by atoms with Gasteiger partial charge in [-0.1, -0.05) is 0 Å². The Morgan fingerprint density at radius 1 is 1.50 bits per heavy atom. The van der Waals surface area contributed by atoms with Gasteiger partial charge in [-0.05, 0) is 4.92 Å². The Balaban J connectivity index is 3.35. The summed E-state index contributed by atoms with van der Waals surface area (Å²) in [4.78, 5) is 12.6. The topological polar surface area (TPSA) is 74.5 Å². The average molecular weight is 270 g/mol. The Labute approximate surface area is 97.3 Å². The second kappa shape index (κ2) is 5.02. The van der Waals surface area contributed by atoms with Gasteiger partial charge in [-0.15, -0.1) is 13.2 Å². The van der Waals surface area contributed by atoms with Gasteiger partial charge in [0.1, 0.15) is 12.2 Å². The predicted molar refractivity (Wildman–Crippen MR) is 48.9 cm³/mol. The molecule has 0 aliphatic rings. The minimum Gasteiger partial charge on any atom is -0.462 e. The monoisotopic (exact) mass is 270 g/mol. The Kier molecular flexibility index (Phi) is 3.89. The van der Waals surface area contributed by atoms with Crippen molar-refractivity contribution in [2.75, 3.05) is 7.11 Å². The summed E-state index contributed by atoms with van der Waals surface area (Å²) in [5, 5.41) is 10.4. The Hall–Kier alpha value is -2.13. The molecule has 10 heteroatoms. The predicted octanol–water partition coefficient (Wildman–Crippen LogP) is 2.37. The van der Waals surface area contributed by atoms with Crippen molar-refractivity contribution >= 4 is 5.82 Å². The second-order valence-electron chi connectivity index (χ2n) is 2.90. The molecule has 0 N–H and O–H groups in total. The molecular weight excluding hydrogens is 264 g/mol. The molecule has 0 amide bonds. The first-order valence-electron chi connectivity index (χ1n) is 4.32. The fourth-order valence-electron chi connectivity index (χ4n) is 1.11. The number of nitrogens with zero attached hydrogens (tertiary/aromatic N) is 2. The van der Waals surface area contributed by atoms with Crippen LogP contribution in [-0.4, -0.2) is 23.4 Å². The minimum absolute atomic E-state index is 0.380. The van der Waals surface area contributed by atoms with E-state index in [0.29, 0.717) is 6.07 Å². The van der Waals surface area contributed by atoms with Crippen molar-refractivity contribution in [3.63, 3.8) is 0 Å². The van der Waals surface area contributed by atoms with Crippen LogP contribution in [0, 0.1) is 10.1 Å². The summed E-state index contributed by atoms with van der Waals surface area (Å²) >= 11 is 0. The molecule has 0 saturated carbocycles. The van der Waals surface area contributed by atoms with Gasteiger partial charge in [0.2, 0.25) is 0 Å². The van der Waals surface area contributed by atoms with Gasteiger partial charge in [-0.2, -0.15) is 0 Å². The molecule has 0 aliphatic heterocycles. The van der Waals surface area contributed by atoms with Crippen LogP contribution in [0.1, 0.15) is 5.56 Å². The van der Waals surface area contributed by atoms with Gasteiger partial charge >= 0.3 is 18.1 Å². The summed E-state index contributed by atoms with van der Waals surface area (Å²) in [5.74, 6) is -2.63. The van der Waals surface area contributed by atoms with Crippen molar-refractivity contribution in [3.05, 3.63) is 21.7 Å². The highest BCUT2D eigenvalue weighted by Crippen LogP contribution is 2.34. The van der Waals surface area contributed by atoms with Crippen LogP contribution >= 0.6 is 0 Å². The van der Waals surface area contributed by atoms with E-state index in [0.717, 1.165) is 7.11 Å². The molecular formula is C8H6F4N2O4. The molecule has 0 bridgehead atoms. The molecule has 100 valence electrons. The largest absolute Gasteiger partial charge is 0.573 e. The maximum Gasteiger partial charge on any atom is 0.573 e. The van der Waals surface area contributed by atoms with Gasteiger partial charge in [0.15, 0.2) is 5.75 Å². The zero-order valence-electron chi connectivity index (χ0n) is 8.82.